The van der Waals surface area contributed by atoms with Crippen LogP contribution in [0, 0.1) is 20.8 Å². The molecule has 0 saturated carbocycles. The van der Waals surface area contributed by atoms with Crippen LogP contribution in [0.4, 0.5) is 0 Å². The second-order valence-electron chi connectivity index (χ2n) is 10.5. The lowest BCUT2D eigenvalue weighted by atomic mass is 10.0. The number of imidazole rings is 1. The van der Waals surface area contributed by atoms with Crippen molar-refractivity contribution >= 4 is 22.1 Å². The predicted molar refractivity (Wildman–Crippen MR) is 163 cm³/mol. The molecule has 7 aromatic rings. The van der Waals surface area contributed by atoms with Crippen LogP contribution in [-0.2, 0) is 7.05 Å². The minimum Gasteiger partial charge on any atom is -0.436 e. The normalized spacial score (nSPS) is 11.5. The van der Waals surface area contributed by atoms with Gasteiger partial charge < -0.3 is 4.42 Å². The lowest BCUT2D eigenvalue weighted by Gasteiger charge is -2.08. The van der Waals surface area contributed by atoms with E-state index in [1.54, 1.807) is 0 Å². The molecule has 0 aliphatic rings. The zero-order valence-corrected chi connectivity index (χ0v) is 23.1. The molecule has 4 nitrogen and oxygen atoms in total. The van der Waals surface area contributed by atoms with Gasteiger partial charge in [0.25, 0.3) is 5.82 Å². The maximum atomic E-state index is 6.43. The molecule has 0 N–H and O–H groups in total. The number of aryl methyl sites for hydroxylation is 4. The van der Waals surface area contributed by atoms with E-state index in [1.807, 2.05) is 6.07 Å². The van der Waals surface area contributed by atoms with E-state index in [9.17, 15) is 0 Å². The summed E-state index contributed by atoms with van der Waals surface area (Å²) in [5, 5.41) is 0. The SMILES string of the molecule is Cc1cccc(C)c1-c1nc2c(-c3n(-c4ccc(-c5ccccc5)cc4)c4ccccc4[n+]3C)c(C)ccc2o1. The maximum Gasteiger partial charge on any atom is 0.297 e. The molecular formula is C36H30N3O+. The second kappa shape index (κ2) is 9.35. The third-order valence-electron chi connectivity index (χ3n) is 7.93. The van der Waals surface area contributed by atoms with Crippen molar-refractivity contribution in [1.82, 2.24) is 9.55 Å². The van der Waals surface area contributed by atoms with Gasteiger partial charge in [-0.3, -0.25) is 0 Å². The number of nitrogens with zero attached hydrogens (tertiary/aromatic N) is 3. The van der Waals surface area contributed by atoms with Gasteiger partial charge in [0.2, 0.25) is 5.89 Å². The zero-order valence-electron chi connectivity index (χ0n) is 23.1. The summed E-state index contributed by atoms with van der Waals surface area (Å²) in [7, 11) is 2.14. The van der Waals surface area contributed by atoms with Gasteiger partial charge in [-0.1, -0.05) is 78.9 Å². The topological polar surface area (TPSA) is 34.8 Å². The summed E-state index contributed by atoms with van der Waals surface area (Å²) in [4.78, 5) is 5.15. The van der Waals surface area contributed by atoms with Gasteiger partial charge in [0.1, 0.15) is 11.2 Å². The molecule has 40 heavy (non-hydrogen) atoms. The van der Waals surface area contributed by atoms with Crippen LogP contribution >= 0.6 is 0 Å². The Morgan fingerprint density at radius 1 is 0.625 bits per heavy atom. The lowest BCUT2D eigenvalue weighted by Crippen LogP contribution is -2.30. The third-order valence-corrected chi connectivity index (χ3v) is 7.93. The van der Waals surface area contributed by atoms with Crippen LogP contribution in [0.2, 0.25) is 0 Å². The highest BCUT2D eigenvalue weighted by molar-refractivity contribution is 5.94. The highest BCUT2D eigenvalue weighted by Crippen LogP contribution is 2.37. The fraction of sp³-hybridized carbons (Fsp3) is 0.111. The Morgan fingerprint density at radius 2 is 1.27 bits per heavy atom. The number of aromatic nitrogens is 3. The third kappa shape index (κ3) is 3.76. The summed E-state index contributed by atoms with van der Waals surface area (Å²) < 4.78 is 11.0. The minimum atomic E-state index is 0.662. The van der Waals surface area contributed by atoms with E-state index >= 15 is 0 Å². The summed E-state index contributed by atoms with van der Waals surface area (Å²) in [6.07, 6.45) is 0. The number of rotatable bonds is 4. The van der Waals surface area contributed by atoms with Gasteiger partial charge in [-0.15, -0.1) is 0 Å². The summed E-state index contributed by atoms with van der Waals surface area (Å²) in [6, 6.07) is 38.3. The fourth-order valence-corrected chi connectivity index (χ4v) is 5.93. The maximum absolute atomic E-state index is 6.43. The lowest BCUT2D eigenvalue weighted by molar-refractivity contribution is -0.633. The van der Waals surface area contributed by atoms with Crippen molar-refractivity contribution in [2.24, 2.45) is 7.05 Å². The molecular weight excluding hydrogens is 490 g/mol. The van der Waals surface area contributed by atoms with Crippen LogP contribution in [0.25, 0.3) is 61.8 Å². The molecule has 7 rings (SSSR count). The number of hydrogen-bond donors (Lipinski definition) is 0. The Morgan fingerprint density at radius 3 is 2.02 bits per heavy atom. The summed E-state index contributed by atoms with van der Waals surface area (Å²) in [5.74, 6) is 1.73. The predicted octanol–water partition coefficient (Wildman–Crippen LogP) is 8.52. The summed E-state index contributed by atoms with van der Waals surface area (Å²) in [5.41, 5.74) is 13.0. The molecule has 0 fully saturated rings. The van der Waals surface area contributed by atoms with E-state index < -0.39 is 0 Å². The highest BCUT2D eigenvalue weighted by atomic mass is 16.3. The van der Waals surface area contributed by atoms with Crippen molar-refractivity contribution in [2.75, 3.05) is 0 Å². The van der Waals surface area contributed by atoms with E-state index in [-0.39, 0.29) is 0 Å². The van der Waals surface area contributed by atoms with Crippen LogP contribution in [0.5, 0.6) is 0 Å². The number of benzene rings is 5. The number of hydrogen-bond acceptors (Lipinski definition) is 2. The quantitative estimate of drug-likeness (QED) is 0.218. The Bertz CT molecular complexity index is 2010. The first-order chi connectivity index (χ1) is 19.5. The molecule has 5 aromatic carbocycles. The standard InChI is InChI=1S/C36H30N3O/c1-23-11-10-12-24(2)32(23)35-37-34-31(40-35)22-17-25(3)33(34)36-38(4)29-15-8-9-16-30(29)39(36)28-20-18-27(19-21-28)26-13-6-5-7-14-26/h5-22H,1-4H3/q+1. The van der Waals surface area contributed by atoms with Crippen LogP contribution in [0.1, 0.15) is 16.7 Å². The van der Waals surface area contributed by atoms with E-state index in [2.05, 4.69) is 140 Å². The smallest absolute Gasteiger partial charge is 0.297 e. The van der Waals surface area contributed by atoms with Crippen LogP contribution in [0.15, 0.2) is 114 Å². The number of para-hydroxylation sites is 2. The first-order valence-electron chi connectivity index (χ1n) is 13.6. The molecule has 0 aliphatic carbocycles. The molecule has 194 valence electrons. The largest absolute Gasteiger partial charge is 0.436 e. The van der Waals surface area contributed by atoms with E-state index in [1.165, 1.54) is 11.1 Å². The van der Waals surface area contributed by atoms with Crippen molar-refractivity contribution in [3.63, 3.8) is 0 Å². The van der Waals surface area contributed by atoms with Gasteiger partial charge in [-0.25, -0.2) is 9.55 Å². The molecule has 0 saturated heterocycles. The summed E-state index contributed by atoms with van der Waals surface area (Å²) >= 11 is 0. The first kappa shape index (κ1) is 24.1. The van der Waals surface area contributed by atoms with E-state index in [0.29, 0.717) is 5.89 Å². The monoisotopic (exact) mass is 520 g/mol. The molecule has 0 amide bonds. The first-order valence-corrected chi connectivity index (χ1v) is 13.6. The van der Waals surface area contributed by atoms with Crippen LogP contribution in [0.3, 0.4) is 0 Å². The van der Waals surface area contributed by atoms with Crippen LogP contribution in [-0.4, -0.2) is 9.55 Å². The van der Waals surface area contributed by atoms with Crippen molar-refractivity contribution < 1.29 is 8.98 Å². The Balaban J connectivity index is 1.49. The van der Waals surface area contributed by atoms with Crippen molar-refractivity contribution in [3.05, 3.63) is 126 Å². The fourth-order valence-electron chi connectivity index (χ4n) is 5.93. The second-order valence-corrected chi connectivity index (χ2v) is 10.5. The summed E-state index contributed by atoms with van der Waals surface area (Å²) in [6.45, 7) is 6.38. The van der Waals surface area contributed by atoms with Gasteiger partial charge in [-0.2, -0.15) is 4.57 Å². The zero-order chi connectivity index (χ0) is 27.4. The van der Waals surface area contributed by atoms with Crippen molar-refractivity contribution in [2.45, 2.75) is 20.8 Å². The molecule has 0 aliphatic heterocycles. The Labute approximate surface area is 233 Å². The number of fused-ring (bicyclic) bond motifs is 2. The van der Waals surface area contributed by atoms with Crippen molar-refractivity contribution in [1.29, 1.82) is 0 Å². The Kier molecular flexibility index (Phi) is 5.64. The van der Waals surface area contributed by atoms with E-state index in [0.717, 1.165) is 61.5 Å². The van der Waals surface area contributed by atoms with Gasteiger partial charge in [0, 0.05) is 5.56 Å². The molecule has 0 radical (unpaired) electrons. The highest BCUT2D eigenvalue weighted by Gasteiger charge is 2.30. The molecule has 0 bridgehead atoms. The molecule has 4 heteroatoms. The molecule has 2 heterocycles. The average molecular weight is 521 g/mol. The van der Waals surface area contributed by atoms with Crippen LogP contribution < -0.4 is 4.57 Å². The minimum absolute atomic E-state index is 0.662. The van der Waals surface area contributed by atoms with Gasteiger partial charge in [0.05, 0.1) is 12.6 Å². The molecule has 0 unspecified atom stereocenters. The number of oxazole rings is 1. The molecule has 0 spiro atoms. The Hall–Kier alpha value is -4.96. The van der Waals surface area contributed by atoms with E-state index in [4.69, 9.17) is 9.40 Å². The van der Waals surface area contributed by atoms with Crippen molar-refractivity contribution in [3.8, 4) is 39.7 Å². The van der Waals surface area contributed by atoms with Gasteiger partial charge >= 0.3 is 0 Å². The molecule has 0 atom stereocenters. The van der Waals surface area contributed by atoms with Gasteiger partial charge in [0.15, 0.2) is 16.6 Å². The average Bonchev–Trinajstić information content (AvgIpc) is 3.52. The van der Waals surface area contributed by atoms with Gasteiger partial charge in [-0.05, 0) is 78.9 Å². The molecule has 2 aromatic heterocycles.